The number of benzene rings is 2. The quantitative estimate of drug-likeness (QED) is 0.840. The van der Waals surface area contributed by atoms with Crippen LogP contribution < -0.4 is 10.6 Å². The van der Waals surface area contributed by atoms with Gasteiger partial charge in [-0.05, 0) is 42.8 Å². The molecule has 0 heterocycles. The molecule has 0 atom stereocenters. The largest absolute Gasteiger partial charge is 0.352 e. The summed E-state index contributed by atoms with van der Waals surface area (Å²) in [6.07, 6.45) is 0.866. The van der Waals surface area contributed by atoms with Crippen LogP contribution in [0.25, 0.3) is 0 Å². The van der Waals surface area contributed by atoms with Gasteiger partial charge in [0.2, 0.25) is 0 Å². The van der Waals surface area contributed by atoms with Crippen LogP contribution in [0, 0.1) is 0 Å². The van der Waals surface area contributed by atoms with Gasteiger partial charge in [-0.1, -0.05) is 36.2 Å². The van der Waals surface area contributed by atoms with Gasteiger partial charge in [0.25, 0.3) is 11.8 Å². The van der Waals surface area contributed by atoms with Crippen molar-refractivity contribution >= 4 is 40.7 Å². The predicted octanol–water partition coefficient (Wildman–Crippen LogP) is 4.39. The third-order valence-electron chi connectivity index (χ3n) is 3.15. The molecule has 23 heavy (non-hydrogen) atoms. The summed E-state index contributed by atoms with van der Waals surface area (Å²) in [5.41, 5.74) is 1.28. The third kappa shape index (κ3) is 4.47. The number of para-hydroxylation sites is 1. The molecule has 2 aromatic carbocycles. The first-order valence-electron chi connectivity index (χ1n) is 7.16. The summed E-state index contributed by atoms with van der Waals surface area (Å²) in [4.78, 5) is 24.1. The topological polar surface area (TPSA) is 58.2 Å². The van der Waals surface area contributed by atoms with Crippen LogP contribution in [0.3, 0.4) is 0 Å². The number of hydrogen-bond acceptors (Lipinski definition) is 2. The molecular formula is C17H16Cl2N2O2. The number of halogens is 2. The Labute approximate surface area is 144 Å². The van der Waals surface area contributed by atoms with Crippen molar-refractivity contribution in [2.75, 3.05) is 11.9 Å². The maximum absolute atomic E-state index is 12.2. The number of rotatable bonds is 5. The van der Waals surface area contributed by atoms with Crippen molar-refractivity contribution in [1.29, 1.82) is 0 Å². The van der Waals surface area contributed by atoms with Gasteiger partial charge in [-0.15, -0.1) is 0 Å². The van der Waals surface area contributed by atoms with E-state index < -0.39 is 0 Å². The summed E-state index contributed by atoms with van der Waals surface area (Å²) in [5, 5.41) is 6.18. The zero-order valence-electron chi connectivity index (χ0n) is 12.5. The molecule has 6 heteroatoms. The van der Waals surface area contributed by atoms with Crippen LogP contribution in [0.15, 0.2) is 42.5 Å². The summed E-state index contributed by atoms with van der Waals surface area (Å²) in [6.45, 7) is 2.60. The maximum atomic E-state index is 12.2. The van der Waals surface area contributed by atoms with E-state index in [2.05, 4.69) is 10.6 Å². The number of carbonyl (C=O) groups excluding carboxylic acids is 2. The number of anilines is 1. The number of hydrogen-bond donors (Lipinski definition) is 2. The van der Waals surface area contributed by atoms with Crippen LogP contribution in [-0.2, 0) is 0 Å². The lowest BCUT2D eigenvalue weighted by Gasteiger charge is -2.09. The lowest BCUT2D eigenvalue weighted by Crippen LogP contribution is -2.24. The first-order valence-corrected chi connectivity index (χ1v) is 7.92. The molecule has 2 rings (SSSR count). The van der Waals surface area contributed by atoms with E-state index in [4.69, 9.17) is 23.2 Å². The van der Waals surface area contributed by atoms with Crippen molar-refractivity contribution in [3.63, 3.8) is 0 Å². The van der Waals surface area contributed by atoms with Crippen LogP contribution in [-0.4, -0.2) is 18.4 Å². The van der Waals surface area contributed by atoms with E-state index in [1.807, 2.05) is 6.92 Å². The predicted molar refractivity (Wildman–Crippen MR) is 93.5 cm³/mol. The van der Waals surface area contributed by atoms with Gasteiger partial charge in [0.05, 0.1) is 15.7 Å². The highest BCUT2D eigenvalue weighted by molar-refractivity contribution is 6.40. The van der Waals surface area contributed by atoms with E-state index in [-0.39, 0.29) is 11.8 Å². The molecule has 0 fully saturated rings. The molecule has 0 radical (unpaired) electrons. The molecule has 0 aliphatic heterocycles. The smallest absolute Gasteiger partial charge is 0.255 e. The third-order valence-corrected chi connectivity index (χ3v) is 3.78. The van der Waals surface area contributed by atoms with E-state index in [0.717, 1.165) is 6.42 Å². The molecule has 120 valence electrons. The van der Waals surface area contributed by atoms with E-state index in [1.165, 1.54) is 0 Å². The normalized spacial score (nSPS) is 10.2. The van der Waals surface area contributed by atoms with Gasteiger partial charge in [0.1, 0.15) is 0 Å². The SMILES string of the molecule is CCCNC(=O)c1ccc(C(=O)Nc2c(Cl)cccc2Cl)cc1. The Kier molecular flexibility index (Phi) is 6.02. The lowest BCUT2D eigenvalue weighted by atomic mass is 10.1. The average Bonchev–Trinajstić information content (AvgIpc) is 2.56. The molecule has 0 aliphatic rings. The molecule has 4 nitrogen and oxygen atoms in total. The highest BCUT2D eigenvalue weighted by atomic mass is 35.5. The van der Waals surface area contributed by atoms with Crippen molar-refractivity contribution in [2.24, 2.45) is 0 Å². The van der Waals surface area contributed by atoms with Crippen molar-refractivity contribution in [3.8, 4) is 0 Å². The van der Waals surface area contributed by atoms with Gasteiger partial charge in [0, 0.05) is 17.7 Å². The second-order valence-corrected chi connectivity index (χ2v) is 5.70. The highest BCUT2D eigenvalue weighted by Gasteiger charge is 2.12. The minimum atomic E-state index is -0.347. The van der Waals surface area contributed by atoms with Crippen LogP contribution in [0.1, 0.15) is 34.1 Å². The van der Waals surface area contributed by atoms with Crippen molar-refractivity contribution in [3.05, 3.63) is 63.6 Å². The Bertz CT molecular complexity index is 695. The highest BCUT2D eigenvalue weighted by Crippen LogP contribution is 2.30. The van der Waals surface area contributed by atoms with Gasteiger partial charge < -0.3 is 10.6 Å². The van der Waals surface area contributed by atoms with E-state index in [9.17, 15) is 9.59 Å². The van der Waals surface area contributed by atoms with Crippen LogP contribution in [0.5, 0.6) is 0 Å². The molecule has 0 aliphatic carbocycles. The van der Waals surface area contributed by atoms with E-state index in [0.29, 0.717) is 33.4 Å². The number of amides is 2. The molecule has 0 unspecified atom stereocenters. The standard InChI is InChI=1S/C17H16Cl2N2O2/c1-2-10-20-16(22)11-6-8-12(9-7-11)17(23)21-15-13(18)4-3-5-14(15)19/h3-9H,2,10H2,1H3,(H,20,22)(H,21,23). The zero-order chi connectivity index (χ0) is 16.8. The van der Waals surface area contributed by atoms with Gasteiger partial charge in [-0.25, -0.2) is 0 Å². The molecule has 0 saturated heterocycles. The second-order valence-electron chi connectivity index (χ2n) is 4.88. The first-order chi connectivity index (χ1) is 11.0. The van der Waals surface area contributed by atoms with Gasteiger partial charge >= 0.3 is 0 Å². The zero-order valence-corrected chi connectivity index (χ0v) is 14.0. The fraction of sp³-hybridized carbons (Fsp3) is 0.176. The Morgan fingerprint density at radius 1 is 0.913 bits per heavy atom. The van der Waals surface area contributed by atoms with Gasteiger partial charge in [-0.3, -0.25) is 9.59 Å². The van der Waals surface area contributed by atoms with Crippen LogP contribution >= 0.6 is 23.2 Å². The number of nitrogens with one attached hydrogen (secondary N) is 2. The fourth-order valence-corrected chi connectivity index (χ4v) is 2.41. The summed E-state index contributed by atoms with van der Waals surface area (Å²) in [7, 11) is 0. The summed E-state index contributed by atoms with van der Waals surface area (Å²) in [6, 6.07) is 11.4. The van der Waals surface area contributed by atoms with Gasteiger partial charge in [0.15, 0.2) is 0 Å². The minimum absolute atomic E-state index is 0.159. The lowest BCUT2D eigenvalue weighted by molar-refractivity contribution is 0.0951. The van der Waals surface area contributed by atoms with Gasteiger partial charge in [-0.2, -0.15) is 0 Å². The molecule has 0 saturated carbocycles. The van der Waals surface area contributed by atoms with Crippen molar-refractivity contribution < 1.29 is 9.59 Å². The first kappa shape index (κ1) is 17.3. The van der Waals surface area contributed by atoms with E-state index in [1.54, 1.807) is 42.5 Å². The van der Waals surface area contributed by atoms with Crippen molar-refractivity contribution in [1.82, 2.24) is 5.32 Å². The molecule has 2 N–H and O–H groups in total. The Hall–Kier alpha value is -2.04. The maximum Gasteiger partial charge on any atom is 0.255 e. The average molecular weight is 351 g/mol. The molecule has 0 spiro atoms. The van der Waals surface area contributed by atoms with Crippen LogP contribution in [0.4, 0.5) is 5.69 Å². The Morgan fingerprint density at radius 2 is 1.43 bits per heavy atom. The minimum Gasteiger partial charge on any atom is -0.352 e. The fourth-order valence-electron chi connectivity index (χ4n) is 1.92. The van der Waals surface area contributed by atoms with E-state index >= 15 is 0 Å². The van der Waals surface area contributed by atoms with Crippen LogP contribution in [0.2, 0.25) is 10.0 Å². The molecule has 0 bridgehead atoms. The monoisotopic (exact) mass is 350 g/mol. The summed E-state index contributed by atoms with van der Waals surface area (Å²) < 4.78 is 0. The molecule has 2 aromatic rings. The molecule has 0 aromatic heterocycles. The molecular weight excluding hydrogens is 335 g/mol. The number of carbonyl (C=O) groups is 2. The van der Waals surface area contributed by atoms with Crippen molar-refractivity contribution in [2.45, 2.75) is 13.3 Å². The summed E-state index contributed by atoms with van der Waals surface area (Å²) >= 11 is 12.0. The Morgan fingerprint density at radius 3 is 1.96 bits per heavy atom. The second kappa shape index (κ2) is 7.99. The summed E-state index contributed by atoms with van der Waals surface area (Å²) in [5.74, 6) is -0.506. The Balaban J connectivity index is 2.10. The molecule has 2 amide bonds.